The second-order valence-corrected chi connectivity index (χ2v) is 7.34. The van der Waals surface area contributed by atoms with E-state index in [2.05, 4.69) is 4.98 Å². The molecule has 0 unspecified atom stereocenters. The number of aromatic amines is 1. The van der Waals surface area contributed by atoms with Crippen molar-refractivity contribution in [1.29, 1.82) is 0 Å². The lowest BCUT2D eigenvalue weighted by Crippen LogP contribution is -2.48. The maximum absolute atomic E-state index is 12.5. The average molecular weight is 344 g/mol. The smallest absolute Gasteiger partial charge is 0.413 e. The fraction of sp³-hybridized carbons (Fsp3) is 0.474. The van der Waals surface area contributed by atoms with Crippen molar-refractivity contribution in [2.24, 2.45) is 5.41 Å². The minimum Gasteiger partial charge on any atom is -0.450 e. The van der Waals surface area contributed by atoms with Crippen LogP contribution < -0.4 is 0 Å². The zero-order valence-corrected chi connectivity index (χ0v) is 15.0. The van der Waals surface area contributed by atoms with Crippen LogP contribution in [0.15, 0.2) is 30.5 Å². The number of amides is 1. The number of nitrogens with one attached hydrogen (secondary N) is 1. The normalized spacial score (nSPS) is 20.8. The van der Waals surface area contributed by atoms with Crippen molar-refractivity contribution in [3.63, 3.8) is 0 Å². The molecule has 1 fully saturated rings. The minimum atomic E-state index is -0.692. The van der Waals surface area contributed by atoms with Crippen LogP contribution in [0.3, 0.4) is 0 Å². The number of cyclic esters (lactones) is 1. The molecular formula is C19H24N2O4. The number of esters is 1. The minimum absolute atomic E-state index is 0.250. The Morgan fingerprint density at radius 2 is 2.04 bits per heavy atom. The van der Waals surface area contributed by atoms with Gasteiger partial charge in [0, 0.05) is 28.9 Å². The van der Waals surface area contributed by atoms with Crippen LogP contribution in [-0.2, 0) is 20.7 Å². The van der Waals surface area contributed by atoms with Gasteiger partial charge in [-0.25, -0.2) is 9.59 Å². The van der Waals surface area contributed by atoms with Crippen LogP contribution in [0.25, 0.3) is 10.9 Å². The summed E-state index contributed by atoms with van der Waals surface area (Å²) in [5.74, 6) is -0.391. The summed E-state index contributed by atoms with van der Waals surface area (Å²) in [6, 6.07) is 7.19. The van der Waals surface area contributed by atoms with Gasteiger partial charge in [0.05, 0.1) is 6.61 Å². The molecule has 0 saturated carbocycles. The topological polar surface area (TPSA) is 71.6 Å². The van der Waals surface area contributed by atoms with Gasteiger partial charge in [0.1, 0.15) is 6.04 Å². The van der Waals surface area contributed by atoms with Gasteiger partial charge in [0.25, 0.3) is 0 Å². The van der Waals surface area contributed by atoms with E-state index >= 15 is 0 Å². The van der Waals surface area contributed by atoms with Crippen LogP contribution in [0.5, 0.6) is 0 Å². The molecule has 1 aromatic heterocycles. The van der Waals surface area contributed by atoms with Crippen LogP contribution in [0.4, 0.5) is 4.79 Å². The first-order valence-corrected chi connectivity index (χ1v) is 8.53. The molecule has 6 heteroatoms. The molecule has 0 spiro atoms. The third kappa shape index (κ3) is 3.21. The van der Waals surface area contributed by atoms with E-state index in [-0.39, 0.29) is 6.61 Å². The van der Waals surface area contributed by atoms with E-state index in [4.69, 9.17) is 9.47 Å². The highest BCUT2D eigenvalue weighted by Gasteiger charge is 2.50. The molecule has 2 aromatic rings. The number of fused-ring (bicyclic) bond motifs is 1. The number of aromatic nitrogens is 1. The van der Waals surface area contributed by atoms with Crippen molar-refractivity contribution in [3.05, 3.63) is 36.0 Å². The highest BCUT2D eigenvalue weighted by molar-refractivity contribution is 5.87. The predicted octanol–water partition coefficient (Wildman–Crippen LogP) is 3.47. The Morgan fingerprint density at radius 3 is 2.72 bits per heavy atom. The van der Waals surface area contributed by atoms with Gasteiger partial charge in [-0.3, -0.25) is 4.90 Å². The van der Waals surface area contributed by atoms with Gasteiger partial charge >= 0.3 is 12.1 Å². The maximum atomic E-state index is 12.5. The molecule has 6 nitrogen and oxygen atoms in total. The molecule has 1 aliphatic heterocycles. The Hall–Kier alpha value is -2.50. The molecular weight excluding hydrogens is 320 g/mol. The first-order chi connectivity index (χ1) is 11.8. The van der Waals surface area contributed by atoms with Crippen LogP contribution >= 0.6 is 0 Å². The van der Waals surface area contributed by atoms with E-state index in [1.54, 1.807) is 6.92 Å². The zero-order chi connectivity index (χ0) is 18.2. The lowest BCUT2D eigenvalue weighted by atomic mass is 9.93. The fourth-order valence-corrected chi connectivity index (χ4v) is 3.23. The molecule has 2 atom stereocenters. The number of rotatable bonds is 3. The van der Waals surface area contributed by atoms with E-state index in [0.717, 1.165) is 16.5 Å². The number of hydrogen-bond acceptors (Lipinski definition) is 4. The van der Waals surface area contributed by atoms with Gasteiger partial charge in [0.15, 0.2) is 6.23 Å². The van der Waals surface area contributed by atoms with Gasteiger partial charge < -0.3 is 14.5 Å². The quantitative estimate of drug-likeness (QED) is 0.866. The summed E-state index contributed by atoms with van der Waals surface area (Å²) in [5, 5.41) is 1.04. The average Bonchev–Trinajstić information content (AvgIpc) is 3.10. The van der Waals surface area contributed by atoms with E-state index in [1.807, 2.05) is 51.2 Å². The molecule has 0 bridgehead atoms. The summed E-state index contributed by atoms with van der Waals surface area (Å²) >= 11 is 0. The standard InChI is InChI=1S/C19H24N2O4/c1-5-24-18(23)21-15(16(22)25-17(21)19(2,3)4)10-12-11-20-14-9-7-6-8-13(12)14/h6-9,11,15,17,20H,5,10H2,1-4H3/t15-,17-/m1/s1. The molecule has 134 valence electrons. The van der Waals surface area contributed by atoms with Crippen molar-refractivity contribution >= 4 is 23.0 Å². The Kier molecular flexibility index (Phi) is 4.45. The molecule has 1 N–H and O–H groups in total. The number of H-pyrrole nitrogens is 1. The molecule has 2 heterocycles. The largest absolute Gasteiger partial charge is 0.450 e. The molecule has 1 amide bonds. The molecule has 3 rings (SSSR count). The molecule has 25 heavy (non-hydrogen) atoms. The third-order valence-corrected chi connectivity index (χ3v) is 4.40. The Labute approximate surface area is 147 Å². The SMILES string of the molecule is CCOC(=O)N1[C@H](Cc2c[nH]c3ccccc23)C(=O)O[C@@H]1C(C)(C)C. The summed E-state index contributed by atoms with van der Waals surface area (Å²) < 4.78 is 10.7. The second-order valence-electron chi connectivity index (χ2n) is 7.34. The second kappa shape index (κ2) is 6.43. The Morgan fingerprint density at radius 1 is 1.32 bits per heavy atom. The predicted molar refractivity (Wildman–Crippen MR) is 94.0 cm³/mol. The number of carbonyl (C=O) groups is 2. The maximum Gasteiger partial charge on any atom is 0.413 e. The van der Waals surface area contributed by atoms with Crippen molar-refractivity contribution in [2.75, 3.05) is 6.61 Å². The molecule has 1 aliphatic rings. The number of benzene rings is 1. The summed E-state index contributed by atoms with van der Waals surface area (Å²) in [6.45, 7) is 7.80. The van der Waals surface area contributed by atoms with Crippen molar-refractivity contribution in [3.8, 4) is 0 Å². The summed E-state index contributed by atoms with van der Waals surface area (Å²) in [5.41, 5.74) is 1.57. The third-order valence-electron chi connectivity index (χ3n) is 4.40. The van der Waals surface area contributed by atoms with Gasteiger partial charge in [-0.05, 0) is 18.6 Å². The summed E-state index contributed by atoms with van der Waals surface area (Å²) in [6.07, 6.45) is 1.10. The van der Waals surface area contributed by atoms with Gasteiger partial charge in [-0.15, -0.1) is 0 Å². The number of carbonyl (C=O) groups excluding carboxylic acids is 2. The van der Waals surface area contributed by atoms with E-state index < -0.39 is 29.7 Å². The van der Waals surface area contributed by atoms with E-state index in [0.29, 0.717) is 6.42 Å². The van der Waals surface area contributed by atoms with Gasteiger partial charge in [-0.1, -0.05) is 39.0 Å². The zero-order valence-electron chi connectivity index (χ0n) is 15.0. The van der Waals surface area contributed by atoms with Gasteiger partial charge in [-0.2, -0.15) is 0 Å². The summed E-state index contributed by atoms with van der Waals surface area (Å²) in [7, 11) is 0. The Balaban J connectivity index is 1.94. The number of para-hydroxylation sites is 1. The summed E-state index contributed by atoms with van der Waals surface area (Å²) in [4.78, 5) is 29.7. The molecule has 0 radical (unpaired) electrons. The molecule has 1 aromatic carbocycles. The number of hydrogen-bond donors (Lipinski definition) is 1. The van der Waals surface area contributed by atoms with Gasteiger partial charge in [0.2, 0.25) is 0 Å². The van der Waals surface area contributed by atoms with Crippen LogP contribution in [0.1, 0.15) is 33.3 Å². The molecule has 1 saturated heterocycles. The fourth-order valence-electron chi connectivity index (χ4n) is 3.23. The van der Waals surface area contributed by atoms with Crippen molar-refractivity contribution in [1.82, 2.24) is 9.88 Å². The van der Waals surface area contributed by atoms with Crippen LogP contribution in [0.2, 0.25) is 0 Å². The number of nitrogens with zero attached hydrogens (tertiary/aromatic N) is 1. The van der Waals surface area contributed by atoms with Crippen LogP contribution in [0, 0.1) is 5.41 Å². The monoisotopic (exact) mass is 344 g/mol. The highest BCUT2D eigenvalue weighted by Crippen LogP contribution is 2.35. The Bertz CT molecular complexity index is 790. The molecule has 0 aliphatic carbocycles. The van der Waals surface area contributed by atoms with E-state index in [9.17, 15) is 9.59 Å². The highest BCUT2D eigenvalue weighted by atomic mass is 16.6. The first kappa shape index (κ1) is 17.3. The van der Waals surface area contributed by atoms with Crippen molar-refractivity contribution < 1.29 is 19.1 Å². The number of ether oxygens (including phenoxy) is 2. The van der Waals surface area contributed by atoms with Crippen molar-refractivity contribution in [2.45, 2.75) is 46.4 Å². The van der Waals surface area contributed by atoms with Crippen LogP contribution in [-0.4, -0.2) is 40.8 Å². The lowest BCUT2D eigenvalue weighted by Gasteiger charge is -2.33. The van der Waals surface area contributed by atoms with E-state index in [1.165, 1.54) is 4.90 Å². The lowest BCUT2D eigenvalue weighted by molar-refractivity contribution is -0.147. The first-order valence-electron chi connectivity index (χ1n) is 8.53.